The van der Waals surface area contributed by atoms with Gasteiger partial charge in [0, 0.05) is 29.5 Å². The van der Waals surface area contributed by atoms with Crippen molar-refractivity contribution in [2.24, 2.45) is 0 Å². The van der Waals surface area contributed by atoms with E-state index in [0.717, 1.165) is 13.1 Å². The number of hydrogen-bond acceptors (Lipinski definition) is 2. The molecule has 3 heteroatoms. The summed E-state index contributed by atoms with van der Waals surface area (Å²) < 4.78 is 0. The Hall–Kier alpha value is -2.13. The maximum Gasteiger partial charge on any atom is 0.0637 e. The molecule has 0 saturated carbocycles. The van der Waals surface area contributed by atoms with E-state index in [4.69, 9.17) is 0 Å². The van der Waals surface area contributed by atoms with Gasteiger partial charge in [0.25, 0.3) is 0 Å². The maximum absolute atomic E-state index is 4.33. The van der Waals surface area contributed by atoms with Gasteiger partial charge in [-0.3, -0.25) is 9.88 Å². The van der Waals surface area contributed by atoms with Gasteiger partial charge in [-0.15, -0.1) is 0 Å². The highest BCUT2D eigenvalue weighted by Crippen LogP contribution is 2.34. The highest BCUT2D eigenvalue weighted by Gasteiger charge is 2.23. The average molecular weight is 293 g/mol. The van der Waals surface area contributed by atoms with Crippen molar-refractivity contribution in [1.82, 2.24) is 14.9 Å². The van der Waals surface area contributed by atoms with Gasteiger partial charge in [0.1, 0.15) is 0 Å². The van der Waals surface area contributed by atoms with Crippen molar-refractivity contribution in [3.63, 3.8) is 0 Å². The number of nitrogens with one attached hydrogen (secondary N) is 1. The smallest absolute Gasteiger partial charge is 0.0637 e. The Balaban J connectivity index is 2.18. The molecule has 1 unspecified atom stereocenters. The van der Waals surface area contributed by atoms with Crippen LogP contribution in [0.4, 0.5) is 0 Å². The number of nitrogens with zero attached hydrogens (tertiary/aromatic N) is 2. The second-order valence-electron chi connectivity index (χ2n) is 5.65. The van der Waals surface area contributed by atoms with Gasteiger partial charge in [-0.25, -0.2) is 0 Å². The number of rotatable bonds is 5. The number of H-pyrrole nitrogens is 1. The minimum absolute atomic E-state index is 0.235. The molecule has 0 aliphatic rings. The van der Waals surface area contributed by atoms with Gasteiger partial charge in [-0.1, -0.05) is 38.1 Å². The SMILES string of the molecule is CCN(CC)C(c1cccnc1)c1c[nH]c2c(C)cccc12. The summed E-state index contributed by atoms with van der Waals surface area (Å²) in [7, 11) is 0. The first kappa shape index (κ1) is 14.8. The zero-order valence-electron chi connectivity index (χ0n) is 13.5. The Kier molecular flexibility index (Phi) is 4.25. The molecule has 0 aliphatic heterocycles. The lowest BCUT2D eigenvalue weighted by atomic mass is 9.97. The van der Waals surface area contributed by atoms with Crippen molar-refractivity contribution in [2.75, 3.05) is 13.1 Å². The number of aryl methyl sites for hydroxylation is 1. The third kappa shape index (κ3) is 2.53. The third-order valence-corrected chi connectivity index (χ3v) is 4.43. The summed E-state index contributed by atoms with van der Waals surface area (Å²) in [4.78, 5) is 10.3. The largest absolute Gasteiger partial charge is 0.361 e. The number of benzene rings is 1. The molecule has 3 aromatic rings. The molecule has 0 amide bonds. The highest BCUT2D eigenvalue weighted by molar-refractivity contribution is 5.86. The van der Waals surface area contributed by atoms with E-state index >= 15 is 0 Å². The highest BCUT2D eigenvalue weighted by atomic mass is 15.1. The van der Waals surface area contributed by atoms with Crippen molar-refractivity contribution >= 4 is 10.9 Å². The van der Waals surface area contributed by atoms with E-state index in [-0.39, 0.29) is 6.04 Å². The van der Waals surface area contributed by atoms with Gasteiger partial charge in [-0.05, 0) is 42.8 Å². The number of hydrogen-bond donors (Lipinski definition) is 1. The van der Waals surface area contributed by atoms with Crippen LogP contribution in [0.3, 0.4) is 0 Å². The number of para-hydroxylation sites is 1. The van der Waals surface area contributed by atoms with Crippen LogP contribution in [0.5, 0.6) is 0 Å². The molecule has 1 atom stereocenters. The second kappa shape index (κ2) is 6.32. The topological polar surface area (TPSA) is 31.9 Å². The molecule has 3 nitrogen and oxygen atoms in total. The van der Waals surface area contributed by atoms with Crippen LogP contribution >= 0.6 is 0 Å². The summed E-state index contributed by atoms with van der Waals surface area (Å²) >= 11 is 0. The lowest BCUT2D eigenvalue weighted by molar-refractivity contribution is 0.251. The molecule has 3 rings (SSSR count). The van der Waals surface area contributed by atoms with Crippen LogP contribution < -0.4 is 0 Å². The van der Waals surface area contributed by atoms with Crippen LogP contribution in [0.1, 0.15) is 36.6 Å². The molecular formula is C19H23N3. The molecule has 0 spiro atoms. The van der Waals surface area contributed by atoms with E-state index in [9.17, 15) is 0 Å². The minimum atomic E-state index is 0.235. The zero-order chi connectivity index (χ0) is 15.5. The molecule has 0 radical (unpaired) electrons. The molecule has 22 heavy (non-hydrogen) atoms. The Labute approximate surface area is 132 Å². The molecule has 1 aromatic carbocycles. The Morgan fingerprint density at radius 2 is 1.95 bits per heavy atom. The number of pyridine rings is 1. The first-order valence-electron chi connectivity index (χ1n) is 7.96. The van der Waals surface area contributed by atoms with Crippen molar-refractivity contribution in [1.29, 1.82) is 0 Å². The van der Waals surface area contributed by atoms with Gasteiger partial charge < -0.3 is 4.98 Å². The van der Waals surface area contributed by atoms with Crippen molar-refractivity contribution < 1.29 is 0 Å². The second-order valence-corrected chi connectivity index (χ2v) is 5.65. The van der Waals surface area contributed by atoms with Crippen LogP contribution in [-0.2, 0) is 0 Å². The van der Waals surface area contributed by atoms with E-state index in [1.54, 1.807) is 0 Å². The first-order chi connectivity index (χ1) is 10.8. The normalized spacial score (nSPS) is 12.9. The van der Waals surface area contributed by atoms with Gasteiger partial charge >= 0.3 is 0 Å². The molecule has 0 fully saturated rings. The quantitative estimate of drug-likeness (QED) is 0.760. The molecule has 0 bridgehead atoms. The predicted molar refractivity (Wildman–Crippen MR) is 92.0 cm³/mol. The predicted octanol–water partition coefficient (Wildman–Crippen LogP) is 4.30. The van der Waals surface area contributed by atoms with Crippen LogP contribution in [0.25, 0.3) is 10.9 Å². The van der Waals surface area contributed by atoms with Crippen molar-refractivity contribution in [3.05, 3.63) is 65.6 Å². The van der Waals surface area contributed by atoms with Gasteiger partial charge in [-0.2, -0.15) is 0 Å². The Bertz CT molecular complexity index is 742. The fraction of sp³-hybridized carbons (Fsp3) is 0.316. The Morgan fingerprint density at radius 1 is 1.14 bits per heavy atom. The molecule has 1 N–H and O–H groups in total. The van der Waals surface area contributed by atoms with Gasteiger partial charge in [0.2, 0.25) is 0 Å². The van der Waals surface area contributed by atoms with Crippen molar-refractivity contribution in [3.8, 4) is 0 Å². The zero-order valence-corrected chi connectivity index (χ0v) is 13.5. The van der Waals surface area contributed by atoms with E-state index < -0.39 is 0 Å². The number of fused-ring (bicyclic) bond motifs is 1. The summed E-state index contributed by atoms with van der Waals surface area (Å²) in [6, 6.07) is 10.9. The number of aromatic nitrogens is 2. The van der Waals surface area contributed by atoms with E-state index in [1.807, 2.05) is 18.5 Å². The summed E-state index contributed by atoms with van der Waals surface area (Å²) in [6.07, 6.45) is 5.98. The minimum Gasteiger partial charge on any atom is -0.361 e. The summed E-state index contributed by atoms with van der Waals surface area (Å²) in [5.74, 6) is 0. The van der Waals surface area contributed by atoms with Crippen LogP contribution in [-0.4, -0.2) is 28.0 Å². The van der Waals surface area contributed by atoms with Crippen LogP contribution in [0.15, 0.2) is 48.9 Å². The fourth-order valence-corrected chi connectivity index (χ4v) is 3.27. The Morgan fingerprint density at radius 3 is 2.64 bits per heavy atom. The van der Waals surface area contributed by atoms with E-state index in [1.165, 1.54) is 27.6 Å². The van der Waals surface area contributed by atoms with E-state index in [2.05, 4.69) is 66.1 Å². The third-order valence-electron chi connectivity index (χ3n) is 4.43. The molecule has 0 aliphatic carbocycles. The summed E-state index contributed by atoms with van der Waals surface area (Å²) in [5, 5.41) is 1.31. The van der Waals surface area contributed by atoms with Gasteiger partial charge in [0.05, 0.1) is 6.04 Å². The average Bonchev–Trinajstić information content (AvgIpc) is 2.98. The van der Waals surface area contributed by atoms with E-state index in [0.29, 0.717) is 0 Å². The fourth-order valence-electron chi connectivity index (χ4n) is 3.27. The molecule has 2 heterocycles. The van der Waals surface area contributed by atoms with Crippen LogP contribution in [0, 0.1) is 6.92 Å². The lowest BCUT2D eigenvalue weighted by Gasteiger charge is -2.29. The number of aromatic amines is 1. The molecule has 0 saturated heterocycles. The van der Waals surface area contributed by atoms with Crippen LogP contribution in [0.2, 0.25) is 0 Å². The first-order valence-corrected chi connectivity index (χ1v) is 7.96. The molecular weight excluding hydrogens is 270 g/mol. The standard InChI is InChI=1S/C19H23N3/c1-4-22(5-2)19(15-9-7-11-20-12-15)17-13-21-18-14(3)8-6-10-16(17)18/h6-13,19,21H,4-5H2,1-3H3. The maximum atomic E-state index is 4.33. The molecule has 2 aromatic heterocycles. The summed E-state index contributed by atoms with van der Waals surface area (Å²) in [5.41, 5.74) is 5.09. The van der Waals surface area contributed by atoms with Gasteiger partial charge in [0.15, 0.2) is 0 Å². The lowest BCUT2D eigenvalue weighted by Crippen LogP contribution is -2.29. The monoisotopic (exact) mass is 293 g/mol. The summed E-state index contributed by atoms with van der Waals surface area (Å²) in [6.45, 7) is 8.60. The van der Waals surface area contributed by atoms with Crippen molar-refractivity contribution in [2.45, 2.75) is 26.8 Å². The molecule has 114 valence electrons.